The van der Waals surface area contributed by atoms with Gasteiger partial charge in [0.2, 0.25) is 0 Å². The minimum Gasteiger partial charge on any atom is -0.478 e. The standard InChI is InChI=1S/C17H13ClN2O2.ClH/c1-10-9-15(11-6-4-7-13(18)16(11)19-10)20-14-8-3-2-5-12(14)17(21)22;/h2-9H,1H3,(H,19,20)(H,21,22);1H. The molecule has 23 heavy (non-hydrogen) atoms. The van der Waals surface area contributed by atoms with Crippen LogP contribution >= 0.6 is 24.0 Å². The van der Waals surface area contributed by atoms with Gasteiger partial charge < -0.3 is 10.4 Å². The number of aromatic carboxylic acids is 1. The average Bonchev–Trinajstić information content (AvgIpc) is 2.49. The summed E-state index contributed by atoms with van der Waals surface area (Å²) in [6.07, 6.45) is 0. The third-order valence-corrected chi connectivity index (χ3v) is 3.65. The molecule has 0 atom stereocenters. The van der Waals surface area contributed by atoms with Crippen molar-refractivity contribution in [2.24, 2.45) is 0 Å². The Morgan fingerprint density at radius 2 is 1.87 bits per heavy atom. The van der Waals surface area contributed by atoms with Crippen LogP contribution in [0.3, 0.4) is 0 Å². The maximum Gasteiger partial charge on any atom is 0.337 e. The molecule has 0 aliphatic heterocycles. The molecule has 0 amide bonds. The number of aryl methyl sites for hydroxylation is 1. The van der Waals surface area contributed by atoms with Gasteiger partial charge in [0.25, 0.3) is 0 Å². The highest BCUT2D eigenvalue weighted by Crippen LogP contribution is 2.31. The van der Waals surface area contributed by atoms with E-state index in [4.69, 9.17) is 11.6 Å². The minimum absolute atomic E-state index is 0. The van der Waals surface area contributed by atoms with Crippen LogP contribution in [0.2, 0.25) is 5.02 Å². The third kappa shape index (κ3) is 3.38. The number of hydrogen-bond donors (Lipinski definition) is 2. The zero-order chi connectivity index (χ0) is 15.7. The van der Waals surface area contributed by atoms with Crippen molar-refractivity contribution in [3.05, 3.63) is 64.8 Å². The molecule has 0 spiro atoms. The van der Waals surface area contributed by atoms with E-state index < -0.39 is 5.97 Å². The van der Waals surface area contributed by atoms with E-state index in [1.54, 1.807) is 30.3 Å². The summed E-state index contributed by atoms with van der Waals surface area (Å²) in [6, 6.07) is 14.2. The molecule has 3 rings (SSSR count). The maximum atomic E-state index is 11.3. The van der Waals surface area contributed by atoms with Crippen LogP contribution in [0.5, 0.6) is 0 Å². The fraction of sp³-hybridized carbons (Fsp3) is 0.0588. The number of para-hydroxylation sites is 2. The number of rotatable bonds is 3. The molecule has 0 aliphatic rings. The van der Waals surface area contributed by atoms with Crippen LogP contribution in [-0.4, -0.2) is 16.1 Å². The van der Waals surface area contributed by atoms with Crippen molar-refractivity contribution in [1.82, 2.24) is 4.98 Å². The van der Waals surface area contributed by atoms with Crippen LogP contribution in [0.4, 0.5) is 11.4 Å². The zero-order valence-electron chi connectivity index (χ0n) is 12.2. The second kappa shape index (κ2) is 6.86. The Kier molecular flexibility index (Phi) is 5.08. The molecule has 0 saturated heterocycles. The van der Waals surface area contributed by atoms with E-state index in [0.717, 1.165) is 16.8 Å². The van der Waals surface area contributed by atoms with Crippen molar-refractivity contribution < 1.29 is 9.90 Å². The first-order chi connectivity index (χ1) is 10.6. The number of halogens is 2. The average molecular weight is 349 g/mol. The van der Waals surface area contributed by atoms with Crippen molar-refractivity contribution in [3.63, 3.8) is 0 Å². The second-order valence-electron chi connectivity index (χ2n) is 4.92. The minimum atomic E-state index is -0.976. The van der Waals surface area contributed by atoms with E-state index in [1.165, 1.54) is 0 Å². The number of nitrogens with one attached hydrogen (secondary N) is 1. The largest absolute Gasteiger partial charge is 0.478 e. The number of anilines is 2. The van der Waals surface area contributed by atoms with Gasteiger partial charge in [-0.1, -0.05) is 35.9 Å². The number of carbonyl (C=O) groups is 1. The van der Waals surface area contributed by atoms with Gasteiger partial charge in [-0.15, -0.1) is 12.4 Å². The van der Waals surface area contributed by atoms with Gasteiger partial charge in [-0.3, -0.25) is 4.98 Å². The molecule has 0 unspecified atom stereocenters. The lowest BCUT2D eigenvalue weighted by Gasteiger charge is -2.13. The molecule has 2 N–H and O–H groups in total. The lowest BCUT2D eigenvalue weighted by molar-refractivity contribution is 0.0698. The van der Waals surface area contributed by atoms with E-state index in [1.807, 2.05) is 25.1 Å². The van der Waals surface area contributed by atoms with Crippen LogP contribution in [0.15, 0.2) is 48.5 Å². The highest BCUT2D eigenvalue weighted by molar-refractivity contribution is 6.35. The van der Waals surface area contributed by atoms with E-state index in [2.05, 4.69) is 10.3 Å². The van der Waals surface area contributed by atoms with Crippen molar-refractivity contribution in [2.75, 3.05) is 5.32 Å². The monoisotopic (exact) mass is 348 g/mol. The first-order valence-electron chi connectivity index (χ1n) is 6.71. The number of carboxylic acids is 1. The molecule has 2 aromatic carbocycles. The van der Waals surface area contributed by atoms with Crippen LogP contribution in [0.25, 0.3) is 10.9 Å². The zero-order valence-corrected chi connectivity index (χ0v) is 13.8. The first-order valence-corrected chi connectivity index (χ1v) is 7.09. The molecular formula is C17H14Cl2N2O2. The van der Waals surface area contributed by atoms with Gasteiger partial charge in [-0.05, 0) is 31.2 Å². The molecule has 6 heteroatoms. The molecular weight excluding hydrogens is 335 g/mol. The van der Waals surface area contributed by atoms with E-state index in [9.17, 15) is 9.90 Å². The molecule has 0 aliphatic carbocycles. The summed E-state index contributed by atoms with van der Waals surface area (Å²) in [4.78, 5) is 15.8. The number of fused-ring (bicyclic) bond motifs is 1. The van der Waals surface area contributed by atoms with E-state index in [-0.39, 0.29) is 18.0 Å². The summed E-state index contributed by atoms with van der Waals surface area (Å²) in [7, 11) is 0. The van der Waals surface area contributed by atoms with Gasteiger partial charge in [0.15, 0.2) is 0 Å². The van der Waals surface area contributed by atoms with Crippen LogP contribution in [0, 0.1) is 6.92 Å². The fourth-order valence-corrected chi connectivity index (χ4v) is 2.59. The Hall–Kier alpha value is -2.30. The van der Waals surface area contributed by atoms with E-state index >= 15 is 0 Å². The summed E-state index contributed by atoms with van der Waals surface area (Å²) in [5.41, 5.74) is 3.02. The molecule has 0 radical (unpaired) electrons. The second-order valence-corrected chi connectivity index (χ2v) is 5.33. The summed E-state index contributed by atoms with van der Waals surface area (Å²) in [6.45, 7) is 1.87. The number of hydrogen-bond acceptors (Lipinski definition) is 3. The lowest BCUT2D eigenvalue weighted by atomic mass is 10.1. The Labute approximate surface area is 144 Å². The summed E-state index contributed by atoms with van der Waals surface area (Å²) >= 11 is 6.20. The van der Waals surface area contributed by atoms with E-state index in [0.29, 0.717) is 16.2 Å². The number of pyridine rings is 1. The number of nitrogens with zero attached hydrogens (tertiary/aromatic N) is 1. The lowest BCUT2D eigenvalue weighted by Crippen LogP contribution is -2.03. The van der Waals surface area contributed by atoms with Crippen molar-refractivity contribution in [2.45, 2.75) is 6.92 Å². The highest BCUT2D eigenvalue weighted by atomic mass is 35.5. The molecule has 3 aromatic rings. The smallest absolute Gasteiger partial charge is 0.337 e. The Bertz CT molecular complexity index is 882. The van der Waals surface area contributed by atoms with Crippen LogP contribution < -0.4 is 5.32 Å². The van der Waals surface area contributed by atoms with Crippen molar-refractivity contribution in [3.8, 4) is 0 Å². The summed E-state index contributed by atoms with van der Waals surface area (Å²) in [5, 5.41) is 13.9. The maximum absolute atomic E-state index is 11.3. The number of carboxylic acid groups (broad SMARTS) is 1. The quantitative estimate of drug-likeness (QED) is 0.694. The molecule has 1 heterocycles. The van der Waals surface area contributed by atoms with Crippen LogP contribution in [-0.2, 0) is 0 Å². The normalized spacial score (nSPS) is 10.2. The molecule has 0 saturated carbocycles. The van der Waals surface area contributed by atoms with Gasteiger partial charge in [0.05, 0.1) is 21.8 Å². The fourth-order valence-electron chi connectivity index (χ4n) is 2.37. The molecule has 4 nitrogen and oxygen atoms in total. The van der Waals surface area contributed by atoms with Gasteiger partial charge in [-0.25, -0.2) is 4.79 Å². The predicted octanol–water partition coefficient (Wildman–Crippen LogP) is 5.06. The van der Waals surface area contributed by atoms with Crippen molar-refractivity contribution >= 4 is 52.3 Å². The van der Waals surface area contributed by atoms with Gasteiger partial charge in [0.1, 0.15) is 0 Å². The molecule has 118 valence electrons. The summed E-state index contributed by atoms with van der Waals surface area (Å²) < 4.78 is 0. The Morgan fingerprint density at radius 1 is 1.13 bits per heavy atom. The highest BCUT2D eigenvalue weighted by Gasteiger charge is 2.12. The number of aromatic nitrogens is 1. The third-order valence-electron chi connectivity index (χ3n) is 3.35. The SMILES string of the molecule is Cc1cc(Nc2ccccc2C(=O)O)c2cccc(Cl)c2n1.Cl. The van der Waals surface area contributed by atoms with Crippen LogP contribution in [0.1, 0.15) is 16.1 Å². The Balaban J connectivity index is 0.00000192. The van der Waals surface area contributed by atoms with Gasteiger partial charge in [-0.2, -0.15) is 0 Å². The molecule has 0 bridgehead atoms. The number of benzene rings is 2. The molecule has 0 fully saturated rings. The predicted molar refractivity (Wildman–Crippen MR) is 95.4 cm³/mol. The van der Waals surface area contributed by atoms with Gasteiger partial charge >= 0.3 is 5.97 Å². The first kappa shape index (κ1) is 17.1. The molecule has 1 aromatic heterocycles. The van der Waals surface area contributed by atoms with Crippen molar-refractivity contribution in [1.29, 1.82) is 0 Å². The Morgan fingerprint density at radius 3 is 2.61 bits per heavy atom. The van der Waals surface area contributed by atoms with Gasteiger partial charge in [0, 0.05) is 16.8 Å². The summed E-state index contributed by atoms with van der Waals surface area (Å²) in [5.74, 6) is -0.976. The topological polar surface area (TPSA) is 62.2 Å².